The van der Waals surface area contributed by atoms with Gasteiger partial charge in [-0.15, -0.1) is 0 Å². The van der Waals surface area contributed by atoms with Crippen molar-refractivity contribution >= 4 is 13.3 Å². The zero-order valence-corrected chi connectivity index (χ0v) is 10.3. The fourth-order valence-electron chi connectivity index (χ4n) is 0.993. The Bertz CT molecular complexity index is 281. The van der Waals surface area contributed by atoms with E-state index in [1.165, 1.54) is 13.8 Å². The third-order valence-corrected chi connectivity index (χ3v) is 3.58. The van der Waals surface area contributed by atoms with Crippen molar-refractivity contribution in [3.63, 3.8) is 0 Å². The van der Waals surface area contributed by atoms with Crippen molar-refractivity contribution in [1.29, 1.82) is 0 Å². The Kier molecular flexibility index (Phi) is 6.22. The standard InChI is InChI=1S/C8H15F3NO3P/c1-4-14-16(13,15-5-2)6-7(12-3)8(9,10)11/h4-6H2,1-3H3/b12-7-. The van der Waals surface area contributed by atoms with Crippen LogP contribution in [0, 0.1) is 0 Å². The number of rotatable bonds is 6. The fourth-order valence-corrected chi connectivity index (χ4v) is 2.72. The van der Waals surface area contributed by atoms with Gasteiger partial charge in [0.15, 0.2) is 0 Å². The van der Waals surface area contributed by atoms with E-state index in [1.807, 2.05) is 0 Å². The first-order valence-corrected chi connectivity index (χ1v) is 6.42. The second kappa shape index (κ2) is 6.37. The summed E-state index contributed by atoms with van der Waals surface area (Å²) in [5.41, 5.74) is -1.14. The van der Waals surface area contributed by atoms with Crippen LogP contribution in [-0.2, 0) is 13.6 Å². The van der Waals surface area contributed by atoms with Gasteiger partial charge in [-0.1, -0.05) is 0 Å². The molecule has 0 radical (unpaired) electrons. The summed E-state index contributed by atoms with van der Waals surface area (Å²) in [4.78, 5) is 3.07. The maximum atomic E-state index is 12.4. The Morgan fingerprint density at radius 2 is 1.69 bits per heavy atom. The maximum absolute atomic E-state index is 12.4. The minimum absolute atomic E-state index is 0.0200. The molecule has 0 aliphatic heterocycles. The molecule has 0 amide bonds. The highest BCUT2D eigenvalue weighted by molar-refractivity contribution is 7.54. The van der Waals surface area contributed by atoms with E-state index in [0.717, 1.165) is 7.05 Å². The third-order valence-electron chi connectivity index (χ3n) is 1.59. The lowest BCUT2D eigenvalue weighted by Gasteiger charge is -2.18. The van der Waals surface area contributed by atoms with Crippen molar-refractivity contribution in [2.75, 3.05) is 26.4 Å². The normalized spacial score (nSPS) is 14.2. The van der Waals surface area contributed by atoms with Crippen LogP contribution >= 0.6 is 7.60 Å². The highest BCUT2D eigenvalue weighted by Gasteiger charge is 2.40. The van der Waals surface area contributed by atoms with Crippen molar-refractivity contribution in [2.45, 2.75) is 20.0 Å². The first kappa shape index (κ1) is 15.6. The van der Waals surface area contributed by atoms with Crippen LogP contribution in [0.1, 0.15) is 13.8 Å². The average molecular weight is 261 g/mol. The summed E-state index contributed by atoms with van der Waals surface area (Å²) < 4.78 is 58.4. The summed E-state index contributed by atoms with van der Waals surface area (Å²) in [6, 6.07) is 0. The van der Waals surface area contributed by atoms with Crippen molar-refractivity contribution in [2.24, 2.45) is 4.99 Å². The predicted molar refractivity (Wildman–Crippen MR) is 55.1 cm³/mol. The topological polar surface area (TPSA) is 47.9 Å². The van der Waals surface area contributed by atoms with E-state index in [9.17, 15) is 17.7 Å². The maximum Gasteiger partial charge on any atom is 0.429 e. The summed E-state index contributed by atoms with van der Waals surface area (Å²) in [7, 11) is -2.75. The molecule has 0 saturated heterocycles. The van der Waals surface area contributed by atoms with Crippen molar-refractivity contribution in [3.05, 3.63) is 0 Å². The molecule has 16 heavy (non-hydrogen) atoms. The van der Waals surface area contributed by atoms with Gasteiger partial charge in [0.05, 0.1) is 19.4 Å². The van der Waals surface area contributed by atoms with Crippen LogP contribution in [0.4, 0.5) is 13.2 Å². The van der Waals surface area contributed by atoms with Gasteiger partial charge in [0.2, 0.25) is 0 Å². The molecule has 0 heterocycles. The van der Waals surface area contributed by atoms with E-state index in [0.29, 0.717) is 0 Å². The van der Waals surface area contributed by atoms with Gasteiger partial charge in [0.25, 0.3) is 0 Å². The van der Waals surface area contributed by atoms with E-state index in [-0.39, 0.29) is 13.2 Å². The van der Waals surface area contributed by atoms with Crippen molar-refractivity contribution in [3.8, 4) is 0 Å². The number of hydrogen-bond acceptors (Lipinski definition) is 4. The first-order chi connectivity index (χ1) is 7.29. The quantitative estimate of drug-likeness (QED) is 0.545. The second-order valence-corrected chi connectivity index (χ2v) is 4.83. The average Bonchev–Trinajstić information content (AvgIpc) is 2.13. The summed E-state index contributed by atoms with van der Waals surface area (Å²) in [6.45, 7) is 3.10. The smallest absolute Gasteiger partial charge is 0.309 e. The summed E-state index contributed by atoms with van der Waals surface area (Å²) >= 11 is 0. The lowest BCUT2D eigenvalue weighted by molar-refractivity contribution is -0.0593. The highest BCUT2D eigenvalue weighted by Crippen LogP contribution is 2.49. The number of nitrogens with zero attached hydrogens (tertiary/aromatic N) is 1. The number of alkyl halides is 3. The molecule has 0 spiro atoms. The molecule has 8 heteroatoms. The molecule has 0 saturated carbocycles. The summed E-state index contributed by atoms with van der Waals surface area (Å²) in [5, 5.41) is 0. The molecular weight excluding hydrogens is 246 g/mol. The molecule has 0 fully saturated rings. The monoisotopic (exact) mass is 261 g/mol. The molecule has 0 unspecified atom stereocenters. The molecule has 0 atom stereocenters. The molecule has 96 valence electrons. The van der Waals surface area contributed by atoms with Crippen LogP contribution in [0.3, 0.4) is 0 Å². The lowest BCUT2D eigenvalue weighted by Crippen LogP contribution is -2.27. The van der Waals surface area contributed by atoms with Crippen LogP contribution in [0.15, 0.2) is 4.99 Å². The van der Waals surface area contributed by atoms with Gasteiger partial charge in [-0.25, -0.2) is 0 Å². The van der Waals surface area contributed by atoms with Crippen LogP contribution in [-0.4, -0.2) is 38.3 Å². The Morgan fingerprint density at radius 3 is 1.94 bits per heavy atom. The van der Waals surface area contributed by atoms with Crippen LogP contribution in [0.25, 0.3) is 0 Å². The molecule has 0 aliphatic rings. The fraction of sp³-hybridized carbons (Fsp3) is 0.875. The minimum atomic E-state index is -4.61. The molecule has 0 rings (SSSR count). The number of aliphatic imine (C=N–C) groups is 1. The van der Waals surface area contributed by atoms with E-state index in [1.54, 1.807) is 0 Å². The van der Waals surface area contributed by atoms with Gasteiger partial charge >= 0.3 is 13.8 Å². The SMILES string of the molecule is CCOP(=O)(C/C(=N/C)C(F)(F)F)OCC. The minimum Gasteiger partial charge on any atom is -0.309 e. The second-order valence-electron chi connectivity index (χ2n) is 2.77. The van der Waals surface area contributed by atoms with E-state index in [4.69, 9.17) is 9.05 Å². The highest BCUT2D eigenvalue weighted by atomic mass is 31.2. The third kappa shape index (κ3) is 5.09. The first-order valence-electron chi connectivity index (χ1n) is 4.70. The Hall–Kier alpha value is -0.390. The van der Waals surface area contributed by atoms with Gasteiger partial charge in [-0.2, -0.15) is 13.2 Å². The molecule has 0 N–H and O–H groups in total. The van der Waals surface area contributed by atoms with Gasteiger partial charge < -0.3 is 9.05 Å². The van der Waals surface area contributed by atoms with Crippen molar-refractivity contribution < 1.29 is 26.8 Å². The largest absolute Gasteiger partial charge is 0.429 e. The lowest BCUT2D eigenvalue weighted by atomic mass is 10.4. The van der Waals surface area contributed by atoms with E-state index < -0.39 is 25.6 Å². The molecule has 4 nitrogen and oxygen atoms in total. The Morgan fingerprint density at radius 1 is 1.25 bits per heavy atom. The van der Waals surface area contributed by atoms with Crippen LogP contribution in [0.2, 0.25) is 0 Å². The molecule has 0 aromatic heterocycles. The number of hydrogen-bond donors (Lipinski definition) is 0. The molecule has 0 bridgehead atoms. The predicted octanol–water partition coefficient (Wildman–Crippen LogP) is 2.89. The summed E-state index contributed by atoms with van der Waals surface area (Å²) in [5.74, 6) is 0. The van der Waals surface area contributed by atoms with Gasteiger partial charge in [-0.3, -0.25) is 9.56 Å². The van der Waals surface area contributed by atoms with Gasteiger partial charge in [0.1, 0.15) is 5.71 Å². The Labute approximate surface area is 92.4 Å². The molecular formula is C8H15F3NO3P. The molecule has 0 aromatic rings. The number of halogens is 3. The van der Waals surface area contributed by atoms with E-state index >= 15 is 0 Å². The zero-order chi connectivity index (χ0) is 12.8. The van der Waals surface area contributed by atoms with Gasteiger partial charge in [-0.05, 0) is 13.8 Å². The molecule has 0 aromatic carbocycles. The zero-order valence-electron chi connectivity index (χ0n) is 9.37. The molecule has 0 aliphatic carbocycles. The van der Waals surface area contributed by atoms with E-state index in [2.05, 4.69) is 4.99 Å². The van der Waals surface area contributed by atoms with Crippen LogP contribution in [0.5, 0.6) is 0 Å². The van der Waals surface area contributed by atoms with Crippen molar-refractivity contribution in [1.82, 2.24) is 0 Å². The summed E-state index contributed by atoms with van der Waals surface area (Å²) in [6.07, 6.45) is -5.46. The Balaban J connectivity index is 4.81. The van der Waals surface area contributed by atoms with Crippen LogP contribution < -0.4 is 0 Å². The van der Waals surface area contributed by atoms with Gasteiger partial charge in [0, 0.05) is 7.05 Å².